The van der Waals surface area contributed by atoms with Crippen LogP contribution in [0.2, 0.25) is 0 Å². The predicted molar refractivity (Wildman–Crippen MR) is 76.9 cm³/mol. The summed E-state index contributed by atoms with van der Waals surface area (Å²) in [5.41, 5.74) is 1.92. The minimum absolute atomic E-state index is 0.0274. The fourth-order valence-corrected chi connectivity index (χ4v) is 1.89. The van der Waals surface area contributed by atoms with Gasteiger partial charge in [-0.15, -0.1) is 0 Å². The van der Waals surface area contributed by atoms with Gasteiger partial charge in [-0.1, -0.05) is 25.1 Å². The van der Waals surface area contributed by atoms with Crippen LogP contribution in [0.25, 0.3) is 0 Å². The van der Waals surface area contributed by atoms with E-state index < -0.39 is 4.92 Å². The molecule has 2 rings (SSSR count). The van der Waals surface area contributed by atoms with Crippen LogP contribution in [0.4, 0.5) is 11.4 Å². The molecule has 0 atom stereocenters. The summed E-state index contributed by atoms with van der Waals surface area (Å²) >= 11 is 0. The second-order valence-electron chi connectivity index (χ2n) is 4.27. The molecule has 1 amide bonds. The summed E-state index contributed by atoms with van der Waals surface area (Å²) in [7, 11) is 0. The van der Waals surface area contributed by atoms with Crippen molar-refractivity contribution in [3.8, 4) is 0 Å². The van der Waals surface area contributed by atoms with E-state index in [0.717, 1.165) is 5.56 Å². The molecule has 2 aromatic carbocycles. The number of carbonyl (C=O) groups excluding carboxylic acids is 1. The molecular formula is C15H14N2O3. The number of nitro benzene ring substituents is 1. The lowest BCUT2D eigenvalue weighted by Gasteiger charge is -2.09. The monoisotopic (exact) mass is 270 g/mol. The molecule has 0 saturated heterocycles. The van der Waals surface area contributed by atoms with Crippen molar-refractivity contribution in [3.05, 3.63) is 69.8 Å². The molecular weight excluding hydrogens is 256 g/mol. The van der Waals surface area contributed by atoms with Crippen LogP contribution in [0.3, 0.4) is 0 Å². The molecule has 2 aromatic rings. The third-order valence-corrected chi connectivity index (χ3v) is 2.96. The van der Waals surface area contributed by atoms with Crippen LogP contribution in [0.15, 0.2) is 48.5 Å². The fourth-order valence-electron chi connectivity index (χ4n) is 1.89. The number of hydrogen-bond donors (Lipinski definition) is 1. The van der Waals surface area contributed by atoms with E-state index in [4.69, 9.17) is 0 Å². The number of carbonyl (C=O) groups is 1. The van der Waals surface area contributed by atoms with Crippen molar-refractivity contribution < 1.29 is 9.72 Å². The lowest BCUT2D eigenvalue weighted by atomic mass is 10.1. The van der Waals surface area contributed by atoms with Gasteiger partial charge >= 0.3 is 0 Å². The minimum atomic E-state index is -0.443. The molecule has 0 fully saturated rings. The molecule has 5 heteroatoms. The number of aryl methyl sites for hydroxylation is 1. The van der Waals surface area contributed by atoms with Crippen LogP contribution >= 0.6 is 0 Å². The molecule has 5 nitrogen and oxygen atoms in total. The Morgan fingerprint density at radius 3 is 2.50 bits per heavy atom. The first-order valence-corrected chi connectivity index (χ1v) is 6.25. The Hall–Kier alpha value is -2.69. The van der Waals surface area contributed by atoms with Crippen molar-refractivity contribution in [3.63, 3.8) is 0 Å². The van der Waals surface area contributed by atoms with E-state index in [2.05, 4.69) is 5.32 Å². The average Bonchev–Trinajstić information content (AvgIpc) is 2.48. The largest absolute Gasteiger partial charge is 0.322 e. The van der Waals surface area contributed by atoms with Gasteiger partial charge in [0.2, 0.25) is 0 Å². The number of nitrogens with zero attached hydrogens (tertiary/aromatic N) is 1. The molecule has 0 aromatic heterocycles. The molecule has 0 heterocycles. The molecule has 0 spiro atoms. The van der Waals surface area contributed by atoms with Crippen LogP contribution in [0.1, 0.15) is 22.8 Å². The molecule has 0 aliphatic carbocycles. The first-order chi connectivity index (χ1) is 9.61. The van der Waals surface area contributed by atoms with E-state index >= 15 is 0 Å². The molecule has 102 valence electrons. The number of non-ortho nitro benzene ring substituents is 1. The van der Waals surface area contributed by atoms with Gasteiger partial charge in [-0.05, 0) is 30.2 Å². The summed E-state index contributed by atoms with van der Waals surface area (Å²) in [5, 5.41) is 13.5. The van der Waals surface area contributed by atoms with E-state index in [0.29, 0.717) is 17.7 Å². The Balaban J connectivity index is 2.25. The molecule has 0 aliphatic rings. The molecule has 0 unspecified atom stereocenters. The standard InChI is InChI=1S/C15H14N2O3/c1-2-11-10-13(17(19)20)8-9-14(11)16-15(18)12-6-4-3-5-7-12/h3-10H,2H2,1H3,(H,16,18). The van der Waals surface area contributed by atoms with Gasteiger partial charge in [0.1, 0.15) is 0 Å². The second-order valence-corrected chi connectivity index (χ2v) is 4.27. The van der Waals surface area contributed by atoms with Gasteiger partial charge in [-0.2, -0.15) is 0 Å². The van der Waals surface area contributed by atoms with Gasteiger partial charge in [-0.3, -0.25) is 14.9 Å². The lowest BCUT2D eigenvalue weighted by molar-refractivity contribution is -0.384. The maximum absolute atomic E-state index is 12.1. The van der Waals surface area contributed by atoms with E-state index in [1.165, 1.54) is 12.1 Å². The average molecular weight is 270 g/mol. The Morgan fingerprint density at radius 2 is 1.90 bits per heavy atom. The van der Waals surface area contributed by atoms with Crippen molar-refractivity contribution in [2.75, 3.05) is 5.32 Å². The Morgan fingerprint density at radius 1 is 1.20 bits per heavy atom. The van der Waals surface area contributed by atoms with Crippen LogP contribution in [0.5, 0.6) is 0 Å². The van der Waals surface area contributed by atoms with Gasteiger partial charge in [0, 0.05) is 23.4 Å². The highest BCUT2D eigenvalue weighted by Crippen LogP contribution is 2.23. The summed E-state index contributed by atoms with van der Waals surface area (Å²) in [5.74, 6) is -0.228. The maximum Gasteiger partial charge on any atom is 0.269 e. The van der Waals surface area contributed by atoms with Gasteiger partial charge < -0.3 is 5.32 Å². The van der Waals surface area contributed by atoms with E-state index in [1.54, 1.807) is 30.3 Å². The zero-order valence-electron chi connectivity index (χ0n) is 11.0. The number of nitro groups is 1. The van der Waals surface area contributed by atoms with E-state index in [9.17, 15) is 14.9 Å². The molecule has 0 aliphatic heterocycles. The molecule has 0 saturated carbocycles. The highest BCUT2D eigenvalue weighted by Gasteiger charge is 2.12. The molecule has 20 heavy (non-hydrogen) atoms. The zero-order valence-corrected chi connectivity index (χ0v) is 11.0. The van der Waals surface area contributed by atoms with E-state index in [1.807, 2.05) is 13.0 Å². The van der Waals surface area contributed by atoms with Crippen molar-refractivity contribution in [2.45, 2.75) is 13.3 Å². The van der Waals surface area contributed by atoms with Crippen LogP contribution in [-0.4, -0.2) is 10.8 Å². The summed E-state index contributed by atoms with van der Waals surface area (Å²) < 4.78 is 0. The smallest absolute Gasteiger partial charge is 0.269 e. The summed E-state index contributed by atoms with van der Waals surface area (Å²) in [4.78, 5) is 22.4. The quantitative estimate of drug-likeness (QED) is 0.683. The number of rotatable bonds is 4. The van der Waals surface area contributed by atoms with Crippen LogP contribution < -0.4 is 5.32 Å². The summed E-state index contributed by atoms with van der Waals surface area (Å²) in [6.45, 7) is 1.89. The van der Waals surface area contributed by atoms with E-state index in [-0.39, 0.29) is 11.6 Å². The van der Waals surface area contributed by atoms with Crippen molar-refractivity contribution in [1.82, 2.24) is 0 Å². The molecule has 0 radical (unpaired) electrons. The number of benzene rings is 2. The highest BCUT2D eigenvalue weighted by molar-refractivity contribution is 6.04. The Kier molecular flexibility index (Phi) is 4.10. The molecule has 0 bridgehead atoms. The topological polar surface area (TPSA) is 72.2 Å². The third-order valence-electron chi connectivity index (χ3n) is 2.96. The van der Waals surface area contributed by atoms with Crippen molar-refractivity contribution >= 4 is 17.3 Å². The van der Waals surface area contributed by atoms with Gasteiger partial charge in [0.05, 0.1) is 4.92 Å². The van der Waals surface area contributed by atoms with Crippen molar-refractivity contribution in [1.29, 1.82) is 0 Å². The number of hydrogen-bond acceptors (Lipinski definition) is 3. The maximum atomic E-state index is 12.1. The van der Waals surface area contributed by atoms with Gasteiger partial charge in [0.15, 0.2) is 0 Å². The fraction of sp³-hybridized carbons (Fsp3) is 0.133. The number of amides is 1. The predicted octanol–water partition coefficient (Wildman–Crippen LogP) is 3.41. The number of nitrogens with one attached hydrogen (secondary N) is 1. The first kappa shape index (κ1) is 13.7. The van der Waals surface area contributed by atoms with Crippen LogP contribution in [-0.2, 0) is 6.42 Å². The highest BCUT2D eigenvalue weighted by atomic mass is 16.6. The second kappa shape index (κ2) is 5.97. The van der Waals surface area contributed by atoms with Crippen molar-refractivity contribution in [2.24, 2.45) is 0 Å². The lowest BCUT2D eigenvalue weighted by Crippen LogP contribution is -2.13. The normalized spacial score (nSPS) is 10.1. The Labute approximate surface area is 116 Å². The van der Waals surface area contributed by atoms with Crippen LogP contribution in [0, 0.1) is 10.1 Å². The third kappa shape index (κ3) is 3.00. The minimum Gasteiger partial charge on any atom is -0.322 e. The molecule has 1 N–H and O–H groups in total. The SMILES string of the molecule is CCc1cc([N+](=O)[O-])ccc1NC(=O)c1ccccc1. The number of anilines is 1. The van der Waals surface area contributed by atoms with Gasteiger partial charge in [0.25, 0.3) is 11.6 Å². The first-order valence-electron chi connectivity index (χ1n) is 6.25. The van der Waals surface area contributed by atoms with Gasteiger partial charge in [-0.25, -0.2) is 0 Å². The summed E-state index contributed by atoms with van der Waals surface area (Å²) in [6, 6.07) is 13.3. The Bertz CT molecular complexity index is 639. The summed E-state index contributed by atoms with van der Waals surface area (Å²) in [6.07, 6.45) is 0.603. The zero-order chi connectivity index (χ0) is 14.5.